The second kappa shape index (κ2) is 8.15. The molecule has 1 aromatic heterocycles. The minimum Gasteiger partial charge on any atom is -0.359 e. The van der Waals surface area contributed by atoms with E-state index >= 15 is 0 Å². The van der Waals surface area contributed by atoms with Gasteiger partial charge in [-0.05, 0) is 50.2 Å². The van der Waals surface area contributed by atoms with E-state index in [1.54, 1.807) is 38.1 Å². The molecule has 3 rings (SSSR count). The number of hydrogen-bond donors (Lipinski definition) is 2. The zero-order valence-electron chi connectivity index (χ0n) is 15.6. The van der Waals surface area contributed by atoms with Gasteiger partial charge in [0.25, 0.3) is 11.2 Å². The van der Waals surface area contributed by atoms with Gasteiger partial charge in [0.2, 0.25) is 0 Å². The lowest BCUT2D eigenvalue weighted by atomic mass is 10.1. The number of carbonyl (C=O) groups excluding carboxylic acids is 1. The maximum absolute atomic E-state index is 12.7. The SMILES string of the molecule is CC(=CC(=O)c1c(C)[nH]n(-c2ccc([N+](=O)[O-])cc2)c1=O)Nc1ccc(Cl)cc1. The largest absolute Gasteiger partial charge is 0.359 e. The Hall–Kier alpha value is -3.65. The number of aryl methyl sites for hydroxylation is 1. The number of halogens is 1. The number of nitro groups is 1. The Labute approximate surface area is 170 Å². The third kappa shape index (κ3) is 4.44. The van der Waals surface area contributed by atoms with E-state index < -0.39 is 16.3 Å². The first-order valence-corrected chi connectivity index (χ1v) is 8.95. The number of nitro benzene ring substituents is 1. The van der Waals surface area contributed by atoms with Crippen molar-refractivity contribution in [3.63, 3.8) is 0 Å². The van der Waals surface area contributed by atoms with Gasteiger partial charge in [-0.15, -0.1) is 0 Å². The molecule has 148 valence electrons. The fourth-order valence-electron chi connectivity index (χ4n) is 2.81. The normalized spacial score (nSPS) is 11.3. The molecule has 8 nitrogen and oxygen atoms in total. The average Bonchev–Trinajstić information content (AvgIpc) is 2.98. The van der Waals surface area contributed by atoms with Gasteiger partial charge < -0.3 is 5.32 Å². The van der Waals surface area contributed by atoms with Crippen LogP contribution >= 0.6 is 11.6 Å². The van der Waals surface area contributed by atoms with Crippen LogP contribution in [0.2, 0.25) is 5.02 Å². The van der Waals surface area contributed by atoms with Gasteiger partial charge in [-0.1, -0.05) is 11.6 Å². The molecule has 0 aliphatic rings. The highest BCUT2D eigenvalue weighted by Crippen LogP contribution is 2.17. The van der Waals surface area contributed by atoms with Crippen molar-refractivity contribution in [2.75, 3.05) is 5.32 Å². The molecule has 2 N–H and O–H groups in total. The molecule has 3 aromatic rings. The van der Waals surface area contributed by atoms with Gasteiger partial charge in [-0.25, -0.2) is 4.68 Å². The van der Waals surface area contributed by atoms with Gasteiger partial charge in [0.1, 0.15) is 5.56 Å². The lowest BCUT2D eigenvalue weighted by Crippen LogP contribution is -2.20. The maximum atomic E-state index is 12.7. The van der Waals surface area contributed by atoms with Gasteiger partial charge in [-0.3, -0.25) is 24.8 Å². The Bertz CT molecular complexity index is 1160. The number of nitrogens with zero attached hydrogens (tertiary/aromatic N) is 2. The second-order valence-electron chi connectivity index (χ2n) is 6.35. The number of aromatic amines is 1. The summed E-state index contributed by atoms with van der Waals surface area (Å²) in [5.41, 5.74) is 1.48. The highest BCUT2D eigenvalue weighted by Gasteiger charge is 2.18. The number of ketones is 1. The van der Waals surface area contributed by atoms with Crippen LogP contribution in [0, 0.1) is 17.0 Å². The van der Waals surface area contributed by atoms with Crippen LogP contribution in [-0.2, 0) is 0 Å². The summed E-state index contributed by atoms with van der Waals surface area (Å²) >= 11 is 5.85. The first-order chi connectivity index (χ1) is 13.8. The number of rotatable bonds is 6. The van der Waals surface area contributed by atoms with Crippen LogP contribution in [0.1, 0.15) is 23.0 Å². The summed E-state index contributed by atoms with van der Waals surface area (Å²) in [5, 5.41) is 17.3. The monoisotopic (exact) mass is 412 g/mol. The number of benzene rings is 2. The molecule has 0 radical (unpaired) electrons. The van der Waals surface area contributed by atoms with Gasteiger partial charge in [0.15, 0.2) is 5.78 Å². The van der Waals surface area contributed by atoms with Gasteiger partial charge in [0.05, 0.1) is 10.6 Å². The standard InChI is InChI=1S/C20H17ClN4O4/c1-12(22-15-5-3-14(21)4-6-15)11-18(26)19-13(2)23-24(20(19)27)16-7-9-17(10-8-16)25(28)29/h3-11,22-23H,1-2H3. The van der Waals surface area contributed by atoms with E-state index in [0.717, 1.165) is 5.69 Å². The van der Waals surface area contributed by atoms with Gasteiger partial charge in [0, 0.05) is 40.3 Å². The predicted molar refractivity (Wildman–Crippen MR) is 111 cm³/mol. The molecule has 2 aromatic carbocycles. The number of H-pyrrole nitrogens is 1. The number of aromatic nitrogens is 2. The molecule has 1 heterocycles. The minimum absolute atomic E-state index is 0.000564. The molecular weight excluding hydrogens is 396 g/mol. The summed E-state index contributed by atoms with van der Waals surface area (Å²) in [7, 11) is 0. The summed E-state index contributed by atoms with van der Waals surface area (Å²) in [6, 6.07) is 12.4. The molecule has 0 amide bonds. The first kappa shape index (κ1) is 20.1. The van der Waals surface area contributed by atoms with Crippen molar-refractivity contribution in [3.8, 4) is 5.69 Å². The van der Waals surface area contributed by atoms with Crippen LogP contribution in [0.3, 0.4) is 0 Å². The Balaban J connectivity index is 1.87. The second-order valence-corrected chi connectivity index (χ2v) is 6.79. The summed E-state index contributed by atoms with van der Waals surface area (Å²) < 4.78 is 1.18. The number of nitrogens with one attached hydrogen (secondary N) is 2. The molecule has 0 saturated heterocycles. The first-order valence-electron chi connectivity index (χ1n) is 8.58. The number of non-ortho nitro benzene ring substituents is 1. The maximum Gasteiger partial charge on any atom is 0.282 e. The van der Waals surface area contributed by atoms with Crippen LogP contribution < -0.4 is 10.9 Å². The fraction of sp³-hybridized carbons (Fsp3) is 0.100. The Morgan fingerprint density at radius 1 is 1.17 bits per heavy atom. The molecule has 0 aliphatic heterocycles. The molecule has 29 heavy (non-hydrogen) atoms. The summed E-state index contributed by atoms with van der Waals surface area (Å²) in [6.45, 7) is 3.33. The smallest absolute Gasteiger partial charge is 0.282 e. The number of hydrogen-bond acceptors (Lipinski definition) is 5. The Kier molecular flexibility index (Phi) is 5.65. The van der Waals surface area contributed by atoms with E-state index in [9.17, 15) is 19.7 Å². The van der Waals surface area contributed by atoms with Crippen LogP contribution in [-0.4, -0.2) is 20.5 Å². The van der Waals surface area contributed by atoms with E-state index in [0.29, 0.717) is 22.1 Å². The van der Waals surface area contributed by atoms with Crippen molar-refractivity contribution < 1.29 is 9.72 Å². The molecule has 9 heteroatoms. The number of carbonyl (C=O) groups is 1. The van der Waals surface area contributed by atoms with E-state index in [-0.39, 0.29) is 11.3 Å². The third-order valence-electron chi connectivity index (χ3n) is 4.17. The highest BCUT2D eigenvalue weighted by molar-refractivity contribution is 6.30. The summed E-state index contributed by atoms with van der Waals surface area (Å²) in [6.07, 6.45) is 1.34. The molecule has 0 spiro atoms. The van der Waals surface area contributed by atoms with Crippen molar-refractivity contribution in [1.82, 2.24) is 9.78 Å². The predicted octanol–water partition coefficient (Wildman–Crippen LogP) is 4.23. The fourth-order valence-corrected chi connectivity index (χ4v) is 2.93. The van der Waals surface area contributed by atoms with Crippen molar-refractivity contribution in [2.45, 2.75) is 13.8 Å². The van der Waals surface area contributed by atoms with Crippen molar-refractivity contribution in [2.24, 2.45) is 0 Å². The van der Waals surface area contributed by atoms with Crippen LogP contribution in [0.25, 0.3) is 5.69 Å². The molecule has 0 unspecified atom stereocenters. The number of allylic oxidation sites excluding steroid dienone is 2. The van der Waals surface area contributed by atoms with Crippen LogP contribution in [0.15, 0.2) is 65.1 Å². The van der Waals surface area contributed by atoms with E-state index in [1.807, 2.05) is 0 Å². The lowest BCUT2D eigenvalue weighted by Gasteiger charge is -2.06. The van der Waals surface area contributed by atoms with E-state index in [1.165, 1.54) is 35.0 Å². The minimum atomic E-state index is -0.531. The Morgan fingerprint density at radius 2 is 1.79 bits per heavy atom. The number of anilines is 1. The molecular formula is C20H17ClN4O4. The van der Waals surface area contributed by atoms with E-state index in [2.05, 4.69) is 10.4 Å². The molecule has 0 atom stereocenters. The highest BCUT2D eigenvalue weighted by atomic mass is 35.5. The van der Waals surface area contributed by atoms with Crippen LogP contribution in [0.4, 0.5) is 11.4 Å². The topological polar surface area (TPSA) is 110 Å². The quantitative estimate of drug-likeness (QED) is 0.272. The Morgan fingerprint density at radius 3 is 2.38 bits per heavy atom. The van der Waals surface area contributed by atoms with Crippen LogP contribution in [0.5, 0.6) is 0 Å². The van der Waals surface area contributed by atoms with Crippen molar-refractivity contribution >= 4 is 28.8 Å². The molecule has 0 fully saturated rings. The van der Waals surface area contributed by atoms with Gasteiger partial charge in [-0.2, -0.15) is 0 Å². The third-order valence-corrected chi connectivity index (χ3v) is 4.42. The molecule has 0 aliphatic carbocycles. The average molecular weight is 413 g/mol. The van der Waals surface area contributed by atoms with Crippen molar-refractivity contribution in [1.29, 1.82) is 0 Å². The zero-order chi connectivity index (χ0) is 21.1. The van der Waals surface area contributed by atoms with Crippen molar-refractivity contribution in [3.05, 3.63) is 97.1 Å². The van der Waals surface area contributed by atoms with Gasteiger partial charge >= 0.3 is 0 Å². The zero-order valence-corrected chi connectivity index (χ0v) is 16.4. The van der Waals surface area contributed by atoms with E-state index in [4.69, 9.17) is 11.6 Å². The summed E-state index contributed by atoms with van der Waals surface area (Å²) in [4.78, 5) is 35.7. The summed E-state index contributed by atoms with van der Waals surface area (Å²) in [5.74, 6) is -0.455. The molecule has 0 bridgehead atoms. The lowest BCUT2D eigenvalue weighted by molar-refractivity contribution is -0.384. The molecule has 0 saturated carbocycles.